The third kappa shape index (κ3) is 4.35. The first kappa shape index (κ1) is 18.0. The van der Waals surface area contributed by atoms with E-state index in [9.17, 15) is 13.2 Å². The van der Waals surface area contributed by atoms with Crippen LogP contribution in [0, 0.1) is 0 Å². The van der Waals surface area contributed by atoms with E-state index < -0.39 is 10.0 Å². The predicted molar refractivity (Wildman–Crippen MR) is 95.4 cm³/mol. The van der Waals surface area contributed by atoms with Gasteiger partial charge in [0.1, 0.15) is 0 Å². The van der Waals surface area contributed by atoms with Gasteiger partial charge in [0.05, 0.1) is 16.7 Å². The summed E-state index contributed by atoms with van der Waals surface area (Å²) in [6.07, 6.45) is 2.90. The second-order valence-corrected chi connectivity index (χ2v) is 8.48. The third-order valence-electron chi connectivity index (χ3n) is 3.53. The minimum atomic E-state index is -3.66. The Kier molecular flexibility index (Phi) is 6.24. The van der Waals surface area contributed by atoms with E-state index >= 15 is 0 Å². The minimum absolute atomic E-state index is 0.0165. The van der Waals surface area contributed by atoms with Crippen molar-refractivity contribution in [2.24, 2.45) is 4.99 Å². The number of carbonyl (C=O) groups excluding carboxylic acids is 1. The number of sulfonamides is 1. The highest BCUT2D eigenvalue weighted by Crippen LogP contribution is 2.33. The van der Waals surface area contributed by atoms with Crippen molar-refractivity contribution in [1.82, 2.24) is 4.31 Å². The molecule has 0 aromatic heterocycles. The Labute approximate surface area is 142 Å². The molecule has 23 heavy (non-hydrogen) atoms. The summed E-state index contributed by atoms with van der Waals surface area (Å²) in [6.45, 7) is 3.89. The Balaban J connectivity index is 2.32. The van der Waals surface area contributed by atoms with Crippen LogP contribution < -0.4 is 0 Å². The lowest BCUT2D eigenvalue weighted by atomic mass is 10.3. The van der Waals surface area contributed by atoms with Crippen molar-refractivity contribution in [3.8, 4) is 0 Å². The van der Waals surface area contributed by atoms with Gasteiger partial charge < -0.3 is 0 Å². The van der Waals surface area contributed by atoms with Crippen molar-refractivity contribution >= 4 is 38.5 Å². The molecule has 126 valence electrons. The number of thioether (sulfide) groups is 1. The van der Waals surface area contributed by atoms with Crippen molar-refractivity contribution in [1.29, 1.82) is 0 Å². The molecule has 1 aliphatic heterocycles. The molecule has 1 heterocycles. The molecule has 0 radical (unpaired) electrons. The first-order chi connectivity index (χ1) is 11.0. The van der Waals surface area contributed by atoms with Crippen LogP contribution in [-0.2, 0) is 14.8 Å². The molecule has 0 spiro atoms. The number of hydrogen-bond donors (Lipinski definition) is 0. The van der Waals surface area contributed by atoms with Gasteiger partial charge in [0.2, 0.25) is 10.0 Å². The lowest BCUT2D eigenvalue weighted by molar-refractivity contribution is -0.122. The van der Waals surface area contributed by atoms with Gasteiger partial charge in [-0.3, -0.25) is 4.79 Å². The average molecular weight is 354 g/mol. The minimum Gasteiger partial charge on any atom is -0.272 e. The van der Waals surface area contributed by atoms with Gasteiger partial charge in [-0.25, -0.2) is 13.4 Å². The molecule has 7 heteroatoms. The maximum absolute atomic E-state index is 12.6. The van der Waals surface area contributed by atoms with Crippen molar-refractivity contribution in [2.75, 3.05) is 5.75 Å². The summed E-state index contributed by atoms with van der Waals surface area (Å²) in [6, 6.07) is 9.11. The van der Waals surface area contributed by atoms with Gasteiger partial charge in [-0.2, -0.15) is 4.31 Å². The smallest absolute Gasteiger partial charge is 0.256 e. The summed E-state index contributed by atoms with van der Waals surface area (Å²) >= 11 is 1.24. The van der Waals surface area contributed by atoms with E-state index in [-0.39, 0.29) is 22.1 Å². The van der Waals surface area contributed by atoms with Gasteiger partial charge in [0, 0.05) is 0 Å². The zero-order chi connectivity index (χ0) is 16.9. The fourth-order valence-electron chi connectivity index (χ4n) is 2.28. The second kappa shape index (κ2) is 7.97. The molecule has 1 aromatic rings. The van der Waals surface area contributed by atoms with E-state index in [1.807, 2.05) is 32.0 Å². The highest BCUT2D eigenvalue weighted by molar-refractivity contribution is 8.17. The van der Waals surface area contributed by atoms with Gasteiger partial charge in [0.15, 0.2) is 5.17 Å². The zero-order valence-electron chi connectivity index (χ0n) is 13.4. The molecule has 1 atom stereocenters. The number of amides is 1. The first-order valence-corrected chi connectivity index (χ1v) is 10.4. The number of benzene rings is 1. The number of rotatable bonds is 7. The van der Waals surface area contributed by atoms with E-state index in [0.717, 1.165) is 17.1 Å². The summed E-state index contributed by atoms with van der Waals surface area (Å²) in [5.41, 5.74) is 0.647. The topological polar surface area (TPSA) is 66.8 Å². The molecule has 1 aliphatic rings. The number of carbonyl (C=O) groups is 1. The highest BCUT2D eigenvalue weighted by atomic mass is 32.2. The lowest BCUT2D eigenvalue weighted by Crippen LogP contribution is -2.39. The molecule has 0 bridgehead atoms. The fraction of sp³-hybridized carbons (Fsp3) is 0.500. The molecule has 0 aliphatic carbocycles. The summed E-state index contributed by atoms with van der Waals surface area (Å²) in [5, 5.41) is -0.108. The Morgan fingerprint density at radius 3 is 2.48 bits per heavy atom. The van der Waals surface area contributed by atoms with Crippen molar-refractivity contribution in [2.45, 2.75) is 44.8 Å². The Morgan fingerprint density at radius 1 is 1.17 bits per heavy atom. The van der Waals surface area contributed by atoms with E-state index in [4.69, 9.17) is 0 Å². The summed E-state index contributed by atoms with van der Waals surface area (Å²) in [4.78, 5) is 16.8. The number of hydrogen-bond acceptors (Lipinski definition) is 5. The van der Waals surface area contributed by atoms with Crippen LogP contribution in [0.2, 0.25) is 0 Å². The second-order valence-electron chi connectivity index (χ2n) is 5.37. The van der Waals surface area contributed by atoms with Gasteiger partial charge >= 0.3 is 0 Å². The number of unbranched alkanes of at least 4 members (excludes halogenated alkanes) is 2. The Morgan fingerprint density at radius 2 is 1.87 bits per heavy atom. The molecule has 1 unspecified atom stereocenters. The van der Waals surface area contributed by atoms with E-state index in [2.05, 4.69) is 4.99 Å². The maximum atomic E-state index is 12.6. The zero-order valence-corrected chi connectivity index (χ0v) is 15.1. The van der Waals surface area contributed by atoms with Crippen molar-refractivity contribution < 1.29 is 13.2 Å². The molecule has 5 nitrogen and oxygen atoms in total. The molecular formula is C16H22N2O3S2. The normalized spacial score (nSPS) is 20.4. The van der Waals surface area contributed by atoms with Crippen LogP contribution in [0.5, 0.6) is 0 Å². The van der Waals surface area contributed by atoms with E-state index in [0.29, 0.717) is 18.5 Å². The Bertz CT molecular complexity index is 672. The number of amidine groups is 1. The SMILES string of the molecule is CCCCCS(=O)(=O)N1C(=O)C(CC)SC1=Nc1ccccc1. The van der Waals surface area contributed by atoms with Crippen LogP contribution in [0.1, 0.15) is 39.5 Å². The summed E-state index contributed by atoms with van der Waals surface area (Å²) in [7, 11) is -3.66. The molecule has 1 amide bonds. The Hall–Kier alpha value is -1.34. The molecule has 1 aromatic carbocycles. The van der Waals surface area contributed by atoms with Gasteiger partial charge in [-0.15, -0.1) is 0 Å². The van der Waals surface area contributed by atoms with Crippen LogP contribution in [0.4, 0.5) is 5.69 Å². The summed E-state index contributed by atoms with van der Waals surface area (Å²) < 4.78 is 26.1. The van der Waals surface area contributed by atoms with Gasteiger partial charge in [0.25, 0.3) is 5.91 Å². The van der Waals surface area contributed by atoms with Gasteiger partial charge in [-0.1, -0.05) is 56.7 Å². The predicted octanol–water partition coefficient (Wildman–Crippen LogP) is 3.55. The number of para-hydroxylation sites is 1. The third-order valence-corrected chi connectivity index (χ3v) is 6.67. The quantitative estimate of drug-likeness (QED) is 0.702. The molecule has 2 rings (SSSR count). The van der Waals surface area contributed by atoms with Crippen molar-refractivity contribution in [3.63, 3.8) is 0 Å². The lowest BCUT2D eigenvalue weighted by Gasteiger charge is -2.16. The molecule has 1 saturated heterocycles. The number of nitrogens with zero attached hydrogens (tertiary/aromatic N) is 2. The van der Waals surface area contributed by atoms with Crippen molar-refractivity contribution in [3.05, 3.63) is 30.3 Å². The average Bonchev–Trinajstić information content (AvgIpc) is 2.84. The monoisotopic (exact) mass is 354 g/mol. The molecule has 0 saturated carbocycles. The van der Waals surface area contributed by atoms with Crippen LogP contribution in [0.25, 0.3) is 0 Å². The van der Waals surface area contributed by atoms with E-state index in [1.54, 1.807) is 12.1 Å². The highest BCUT2D eigenvalue weighted by Gasteiger charge is 2.43. The number of aliphatic imine (C=N–C) groups is 1. The van der Waals surface area contributed by atoms with E-state index in [1.165, 1.54) is 11.8 Å². The van der Waals surface area contributed by atoms with Crippen LogP contribution in [0.3, 0.4) is 0 Å². The largest absolute Gasteiger partial charge is 0.272 e. The maximum Gasteiger partial charge on any atom is 0.256 e. The molecule has 1 fully saturated rings. The molecule has 0 N–H and O–H groups in total. The first-order valence-electron chi connectivity index (χ1n) is 7.86. The van der Waals surface area contributed by atoms with Gasteiger partial charge in [-0.05, 0) is 25.0 Å². The summed E-state index contributed by atoms with van der Waals surface area (Å²) in [5.74, 6) is -0.388. The van der Waals surface area contributed by atoms with Crippen LogP contribution in [0.15, 0.2) is 35.3 Å². The fourth-order valence-corrected chi connectivity index (χ4v) is 5.21. The van der Waals surface area contributed by atoms with Crippen LogP contribution >= 0.6 is 11.8 Å². The van der Waals surface area contributed by atoms with Crippen LogP contribution in [-0.4, -0.2) is 34.8 Å². The molecular weight excluding hydrogens is 332 g/mol. The standard InChI is InChI=1S/C16H22N2O3S2/c1-3-5-9-12-23(20,21)18-15(19)14(4-2)22-16(18)17-13-10-7-6-8-11-13/h6-8,10-11,14H,3-5,9,12H2,1-2H3.